The van der Waals surface area contributed by atoms with Gasteiger partial charge in [-0.1, -0.05) is 6.07 Å². The first-order valence-electron chi connectivity index (χ1n) is 5.52. The molecule has 0 amide bonds. The number of halogens is 3. The number of benzene rings is 1. The number of hydrogen-bond acceptors (Lipinski definition) is 4. The van der Waals surface area contributed by atoms with Crippen molar-refractivity contribution in [2.75, 3.05) is 5.32 Å². The van der Waals surface area contributed by atoms with Gasteiger partial charge in [-0.3, -0.25) is 0 Å². The van der Waals surface area contributed by atoms with E-state index in [1.54, 1.807) is 12.3 Å². The van der Waals surface area contributed by atoms with Gasteiger partial charge in [-0.2, -0.15) is 13.2 Å². The van der Waals surface area contributed by atoms with Crippen molar-refractivity contribution < 1.29 is 34.2 Å². The molecule has 0 aliphatic carbocycles. The van der Waals surface area contributed by atoms with Gasteiger partial charge < -0.3 is 11.1 Å². The zero-order chi connectivity index (χ0) is 14.0. The third kappa shape index (κ3) is 4.30. The second kappa shape index (κ2) is 6.69. The number of alkyl halides is 3. The summed E-state index contributed by atoms with van der Waals surface area (Å²) in [5.41, 5.74) is 5.35. The number of anilines is 2. The Morgan fingerprint density at radius 2 is 2.05 bits per heavy atom. The minimum atomic E-state index is -4.35. The fourth-order valence-corrected chi connectivity index (χ4v) is 2.24. The van der Waals surface area contributed by atoms with E-state index >= 15 is 0 Å². The molecule has 1 aromatic heterocycles. The van der Waals surface area contributed by atoms with E-state index in [1.165, 1.54) is 17.4 Å². The molecule has 0 saturated heterocycles. The average Bonchev–Trinajstić information content (AvgIpc) is 2.77. The fraction of sp³-hybridized carbons (Fsp3) is 0.250. The Balaban J connectivity index is 0.00000200. The molecule has 3 N–H and O–H groups in total. The van der Waals surface area contributed by atoms with Gasteiger partial charge in [0, 0.05) is 43.9 Å². The molecule has 108 valence electrons. The Hall–Kier alpha value is -0.912. The first-order chi connectivity index (χ1) is 8.86. The van der Waals surface area contributed by atoms with Crippen LogP contribution in [0.3, 0.4) is 0 Å². The van der Waals surface area contributed by atoms with Crippen LogP contribution < -0.4 is 11.1 Å². The van der Waals surface area contributed by atoms with Gasteiger partial charge in [0.15, 0.2) is 5.13 Å². The Labute approximate surface area is 132 Å². The van der Waals surface area contributed by atoms with Gasteiger partial charge in [0.05, 0.1) is 5.56 Å². The maximum Gasteiger partial charge on any atom is 0.416 e. The predicted molar refractivity (Wildman–Crippen MR) is 69.4 cm³/mol. The predicted octanol–water partition coefficient (Wildman–Crippen LogP) is 3.92. The van der Waals surface area contributed by atoms with E-state index in [1.807, 2.05) is 6.92 Å². The van der Waals surface area contributed by atoms with E-state index in [2.05, 4.69) is 10.3 Å². The largest absolute Gasteiger partial charge is 0.416 e. The van der Waals surface area contributed by atoms with Crippen molar-refractivity contribution in [3.8, 4) is 0 Å². The summed E-state index contributed by atoms with van der Waals surface area (Å²) < 4.78 is 37.7. The number of aromatic nitrogens is 1. The van der Waals surface area contributed by atoms with Crippen LogP contribution in [0.1, 0.15) is 23.4 Å². The van der Waals surface area contributed by atoms with Crippen molar-refractivity contribution >= 4 is 22.2 Å². The third-order valence-corrected chi connectivity index (χ3v) is 3.53. The zero-order valence-electron chi connectivity index (χ0n) is 10.4. The number of rotatable bonds is 3. The summed E-state index contributed by atoms with van der Waals surface area (Å²) >= 11 is 1.32. The van der Waals surface area contributed by atoms with Gasteiger partial charge in [0.2, 0.25) is 0 Å². The molecule has 8 heteroatoms. The fourth-order valence-electron chi connectivity index (χ4n) is 1.45. The van der Waals surface area contributed by atoms with Crippen molar-refractivity contribution in [3.05, 3.63) is 40.9 Å². The smallest absolute Gasteiger partial charge is 0.332 e. The van der Waals surface area contributed by atoms with Crippen molar-refractivity contribution in [1.82, 2.24) is 4.98 Å². The molecule has 0 bridgehead atoms. The summed E-state index contributed by atoms with van der Waals surface area (Å²) in [7, 11) is 0. The molecule has 1 unspecified atom stereocenters. The SMILES string of the molecule is CC(N)c1cnc(Nc2cccc(C(F)(F)F)c2)s1.[W]. The van der Waals surface area contributed by atoms with Crippen LogP contribution in [0, 0.1) is 0 Å². The van der Waals surface area contributed by atoms with Gasteiger partial charge in [-0.25, -0.2) is 4.98 Å². The van der Waals surface area contributed by atoms with E-state index in [0.717, 1.165) is 17.0 Å². The number of nitrogens with two attached hydrogens (primary N) is 1. The van der Waals surface area contributed by atoms with Crippen molar-refractivity contribution in [2.24, 2.45) is 5.73 Å². The molecule has 1 heterocycles. The zero-order valence-corrected chi connectivity index (χ0v) is 14.2. The minimum absolute atomic E-state index is 0. The van der Waals surface area contributed by atoms with Crippen LogP contribution in [-0.4, -0.2) is 4.98 Å². The van der Waals surface area contributed by atoms with E-state index in [4.69, 9.17) is 5.73 Å². The molecule has 0 aliphatic rings. The van der Waals surface area contributed by atoms with Crippen LogP contribution in [0.5, 0.6) is 0 Å². The molecule has 1 atom stereocenters. The molecule has 20 heavy (non-hydrogen) atoms. The first kappa shape index (κ1) is 17.1. The molecule has 0 spiro atoms. The molecule has 1 aromatic carbocycles. The van der Waals surface area contributed by atoms with Crippen molar-refractivity contribution in [1.29, 1.82) is 0 Å². The summed E-state index contributed by atoms with van der Waals surface area (Å²) in [4.78, 5) is 4.94. The van der Waals surface area contributed by atoms with E-state index in [9.17, 15) is 13.2 Å². The van der Waals surface area contributed by atoms with Gasteiger partial charge in [0.25, 0.3) is 0 Å². The molecule has 0 saturated carbocycles. The quantitative estimate of drug-likeness (QED) is 0.714. The van der Waals surface area contributed by atoms with Gasteiger partial charge in [0.1, 0.15) is 0 Å². The summed E-state index contributed by atoms with van der Waals surface area (Å²) in [6.45, 7) is 1.82. The van der Waals surface area contributed by atoms with E-state index in [0.29, 0.717) is 10.8 Å². The van der Waals surface area contributed by atoms with Crippen molar-refractivity contribution in [2.45, 2.75) is 19.1 Å². The second-order valence-corrected chi connectivity index (χ2v) is 5.12. The molecule has 0 aliphatic heterocycles. The number of nitrogens with zero attached hydrogens (tertiary/aromatic N) is 1. The Kier molecular flexibility index (Phi) is 5.74. The molecule has 2 rings (SSSR count). The molecular weight excluding hydrogens is 459 g/mol. The van der Waals surface area contributed by atoms with Crippen LogP contribution in [0.2, 0.25) is 0 Å². The summed E-state index contributed by atoms with van der Waals surface area (Å²) in [5, 5.41) is 3.36. The summed E-state index contributed by atoms with van der Waals surface area (Å²) in [6, 6.07) is 4.84. The molecule has 2 aromatic rings. The Morgan fingerprint density at radius 1 is 1.35 bits per heavy atom. The van der Waals surface area contributed by atoms with Crippen LogP contribution in [0.4, 0.5) is 24.0 Å². The average molecular weight is 471 g/mol. The molecule has 3 nitrogen and oxygen atoms in total. The molecule has 0 fully saturated rings. The van der Waals surface area contributed by atoms with Gasteiger partial charge in [-0.15, -0.1) is 11.3 Å². The second-order valence-electron chi connectivity index (χ2n) is 4.06. The number of hydrogen-bond donors (Lipinski definition) is 2. The number of thiazole rings is 1. The van der Waals surface area contributed by atoms with Crippen molar-refractivity contribution in [3.63, 3.8) is 0 Å². The van der Waals surface area contributed by atoms with Crippen LogP contribution in [0.15, 0.2) is 30.5 Å². The standard InChI is InChI=1S/C12H12F3N3S.W/c1-7(16)10-6-17-11(19-10)18-9-4-2-3-8(5-9)12(13,14)15;/h2-7H,16H2,1H3,(H,17,18);. The minimum Gasteiger partial charge on any atom is -0.332 e. The first-order valence-corrected chi connectivity index (χ1v) is 6.33. The van der Waals surface area contributed by atoms with Crippen LogP contribution >= 0.6 is 11.3 Å². The van der Waals surface area contributed by atoms with Crippen LogP contribution in [0.25, 0.3) is 0 Å². The van der Waals surface area contributed by atoms with E-state index < -0.39 is 11.7 Å². The Morgan fingerprint density at radius 3 is 2.60 bits per heavy atom. The number of nitrogens with one attached hydrogen (secondary N) is 1. The van der Waals surface area contributed by atoms with E-state index in [-0.39, 0.29) is 27.1 Å². The maximum absolute atomic E-state index is 12.6. The molecule has 0 radical (unpaired) electrons. The third-order valence-electron chi connectivity index (χ3n) is 2.41. The van der Waals surface area contributed by atoms with Crippen LogP contribution in [-0.2, 0) is 27.2 Å². The topological polar surface area (TPSA) is 50.9 Å². The molecular formula is C12H12F3N3SW. The monoisotopic (exact) mass is 471 g/mol. The summed E-state index contributed by atoms with van der Waals surface area (Å²) in [6.07, 6.45) is -2.73. The normalized spacial score (nSPS) is 12.7. The van der Waals surface area contributed by atoms with Gasteiger partial charge >= 0.3 is 6.18 Å². The summed E-state index contributed by atoms with van der Waals surface area (Å²) in [5.74, 6) is 0. The van der Waals surface area contributed by atoms with Gasteiger partial charge in [-0.05, 0) is 25.1 Å². The maximum atomic E-state index is 12.6. The Bertz CT molecular complexity index is 569.